The summed E-state index contributed by atoms with van der Waals surface area (Å²) >= 11 is 0. The molecular weight excluding hydrogens is 376 g/mol. The highest BCUT2D eigenvalue weighted by Crippen LogP contribution is 2.31. The number of piperazine rings is 1. The first kappa shape index (κ1) is 19.2. The maximum atomic E-state index is 14.1. The molecule has 0 saturated carbocycles. The SMILES string of the molecule is N=C(CN1CCN(c2ccnc3cc(-c4cc(F)ccc4F)ccc23)CC1)NO. The van der Waals surface area contributed by atoms with Crippen molar-refractivity contribution < 1.29 is 14.0 Å². The van der Waals surface area contributed by atoms with E-state index in [1.165, 1.54) is 6.07 Å². The number of anilines is 1. The molecule has 3 aromatic rings. The van der Waals surface area contributed by atoms with Crippen LogP contribution in [0.25, 0.3) is 22.0 Å². The predicted octanol–water partition coefficient (Wildman–Crippen LogP) is 3.26. The standard InChI is InChI=1S/C21H21F2N5O/c22-15-2-4-18(23)17(12-15)14-1-3-16-19(11-14)25-6-5-20(16)28-9-7-27(8-10-28)13-21(24)26-29/h1-6,11-12,29H,7-10,13H2,(H2,24,26). The van der Waals surface area contributed by atoms with E-state index in [1.54, 1.807) is 18.3 Å². The van der Waals surface area contributed by atoms with Gasteiger partial charge < -0.3 is 4.90 Å². The van der Waals surface area contributed by atoms with E-state index < -0.39 is 11.6 Å². The summed E-state index contributed by atoms with van der Waals surface area (Å²) in [6.07, 6.45) is 1.72. The van der Waals surface area contributed by atoms with Crippen LogP contribution in [-0.2, 0) is 0 Å². The van der Waals surface area contributed by atoms with Crippen molar-refractivity contribution in [2.75, 3.05) is 37.6 Å². The smallest absolute Gasteiger partial charge is 0.132 e. The zero-order valence-electron chi connectivity index (χ0n) is 15.7. The van der Waals surface area contributed by atoms with Crippen LogP contribution in [0.15, 0.2) is 48.7 Å². The Kier molecular flexibility index (Phi) is 5.37. The minimum atomic E-state index is -0.481. The first-order valence-electron chi connectivity index (χ1n) is 9.34. The summed E-state index contributed by atoms with van der Waals surface area (Å²) in [5.74, 6) is -0.878. The van der Waals surface area contributed by atoms with Gasteiger partial charge in [-0.05, 0) is 35.9 Å². The third-order valence-corrected chi connectivity index (χ3v) is 5.19. The van der Waals surface area contributed by atoms with Crippen LogP contribution >= 0.6 is 0 Å². The lowest BCUT2D eigenvalue weighted by Gasteiger charge is -2.36. The molecule has 29 heavy (non-hydrogen) atoms. The Morgan fingerprint density at radius 2 is 1.86 bits per heavy atom. The van der Waals surface area contributed by atoms with E-state index in [2.05, 4.69) is 14.8 Å². The van der Waals surface area contributed by atoms with Gasteiger partial charge in [-0.3, -0.25) is 26.0 Å². The number of aromatic nitrogens is 1. The number of nitrogens with one attached hydrogen (secondary N) is 2. The third kappa shape index (κ3) is 4.03. The Hall–Kier alpha value is -3.10. The van der Waals surface area contributed by atoms with E-state index in [1.807, 2.05) is 17.6 Å². The molecule has 150 valence electrons. The highest BCUT2D eigenvalue weighted by atomic mass is 19.1. The Labute approximate surface area is 166 Å². The van der Waals surface area contributed by atoms with E-state index >= 15 is 0 Å². The molecule has 1 aliphatic heterocycles. The number of hydrogen-bond acceptors (Lipinski definition) is 5. The van der Waals surface area contributed by atoms with Gasteiger partial charge in [-0.2, -0.15) is 0 Å². The lowest BCUT2D eigenvalue weighted by Crippen LogP contribution is -2.49. The van der Waals surface area contributed by atoms with Crippen molar-refractivity contribution in [3.63, 3.8) is 0 Å². The molecule has 0 unspecified atom stereocenters. The van der Waals surface area contributed by atoms with Crippen LogP contribution in [-0.4, -0.2) is 53.7 Å². The van der Waals surface area contributed by atoms with Crippen LogP contribution < -0.4 is 10.4 Å². The van der Waals surface area contributed by atoms with Crippen molar-refractivity contribution in [2.24, 2.45) is 0 Å². The van der Waals surface area contributed by atoms with Gasteiger partial charge in [0.05, 0.1) is 12.1 Å². The molecule has 0 atom stereocenters. The summed E-state index contributed by atoms with van der Waals surface area (Å²) in [5.41, 5.74) is 4.43. The molecule has 1 saturated heterocycles. The van der Waals surface area contributed by atoms with Crippen LogP contribution in [0, 0.1) is 17.0 Å². The number of amidine groups is 1. The van der Waals surface area contributed by atoms with Crippen molar-refractivity contribution in [3.8, 4) is 11.1 Å². The fraction of sp³-hybridized carbons (Fsp3) is 0.238. The van der Waals surface area contributed by atoms with Crippen LogP contribution in [0.2, 0.25) is 0 Å². The summed E-state index contributed by atoms with van der Waals surface area (Å²) in [6.45, 7) is 3.46. The van der Waals surface area contributed by atoms with Crippen molar-refractivity contribution in [3.05, 3.63) is 60.3 Å². The first-order valence-corrected chi connectivity index (χ1v) is 9.34. The summed E-state index contributed by atoms with van der Waals surface area (Å²) in [4.78, 5) is 8.77. The second kappa shape index (κ2) is 8.10. The van der Waals surface area contributed by atoms with E-state index in [0.717, 1.165) is 54.9 Å². The van der Waals surface area contributed by atoms with Gasteiger partial charge in [0.1, 0.15) is 17.5 Å². The molecule has 0 spiro atoms. The molecule has 0 amide bonds. The van der Waals surface area contributed by atoms with Gasteiger partial charge >= 0.3 is 0 Å². The highest BCUT2D eigenvalue weighted by molar-refractivity contribution is 5.94. The van der Waals surface area contributed by atoms with E-state index in [0.29, 0.717) is 12.1 Å². The minimum Gasteiger partial charge on any atom is -0.368 e. The summed E-state index contributed by atoms with van der Waals surface area (Å²) in [5, 5.41) is 17.3. The Morgan fingerprint density at radius 3 is 2.62 bits per heavy atom. The zero-order valence-corrected chi connectivity index (χ0v) is 15.7. The van der Waals surface area contributed by atoms with Gasteiger partial charge in [-0.1, -0.05) is 12.1 Å². The van der Waals surface area contributed by atoms with Crippen LogP contribution in [0.1, 0.15) is 0 Å². The van der Waals surface area contributed by atoms with Crippen molar-refractivity contribution in [1.29, 1.82) is 5.41 Å². The minimum absolute atomic E-state index is 0.0740. The van der Waals surface area contributed by atoms with Crippen molar-refractivity contribution >= 4 is 22.4 Å². The molecular formula is C21H21F2N5O. The largest absolute Gasteiger partial charge is 0.368 e. The van der Waals surface area contributed by atoms with Crippen LogP contribution in [0.5, 0.6) is 0 Å². The number of rotatable bonds is 4. The van der Waals surface area contributed by atoms with Gasteiger partial charge in [-0.15, -0.1) is 0 Å². The fourth-order valence-electron chi connectivity index (χ4n) is 3.70. The van der Waals surface area contributed by atoms with Gasteiger partial charge in [0, 0.05) is 49.0 Å². The number of hydroxylamine groups is 1. The summed E-state index contributed by atoms with van der Waals surface area (Å²) in [6, 6.07) is 10.8. The zero-order chi connectivity index (χ0) is 20.4. The average Bonchev–Trinajstić information content (AvgIpc) is 2.75. The Balaban J connectivity index is 1.59. The third-order valence-electron chi connectivity index (χ3n) is 5.19. The van der Waals surface area contributed by atoms with Crippen LogP contribution in [0.3, 0.4) is 0 Å². The van der Waals surface area contributed by atoms with Crippen LogP contribution in [0.4, 0.5) is 14.5 Å². The summed E-state index contributed by atoms with van der Waals surface area (Å²) < 4.78 is 27.7. The molecule has 3 N–H and O–H groups in total. The lowest BCUT2D eigenvalue weighted by molar-refractivity contribution is 0.218. The number of benzene rings is 2. The number of halogens is 2. The monoisotopic (exact) mass is 397 g/mol. The maximum Gasteiger partial charge on any atom is 0.132 e. The lowest BCUT2D eigenvalue weighted by atomic mass is 10.0. The van der Waals surface area contributed by atoms with E-state index in [-0.39, 0.29) is 11.4 Å². The van der Waals surface area contributed by atoms with Gasteiger partial charge in [0.2, 0.25) is 0 Å². The maximum absolute atomic E-state index is 14.1. The number of nitrogens with zero attached hydrogens (tertiary/aromatic N) is 3. The van der Waals surface area contributed by atoms with Gasteiger partial charge in [0.25, 0.3) is 0 Å². The van der Waals surface area contributed by atoms with E-state index in [9.17, 15) is 8.78 Å². The fourth-order valence-corrected chi connectivity index (χ4v) is 3.70. The topological polar surface area (TPSA) is 75.5 Å². The Bertz CT molecular complexity index is 1050. The second-order valence-electron chi connectivity index (χ2n) is 7.04. The molecule has 0 radical (unpaired) electrons. The van der Waals surface area contributed by atoms with Crippen molar-refractivity contribution in [2.45, 2.75) is 0 Å². The quantitative estimate of drug-likeness (QED) is 0.358. The molecule has 2 heterocycles. The molecule has 1 aliphatic rings. The predicted molar refractivity (Wildman–Crippen MR) is 108 cm³/mol. The summed E-state index contributed by atoms with van der Waals surface area (Å²) in [7, 11) is 0. The molecule has 0 bridgehead atoms. The number of fused-ring (bicyclic) bond motifs is 1. The van der Waals surface area contributed by atoms with Crippen molar-refractivity contribution in [1.82, 2.24) is 15.4 Å². The first-order chi connectivity index (χ1) is 14.0. The highest BCUT2D eigenvalue weighted by Gasteiger charge is 2.20. The van der Waals surface area contributed by atoms with Gasteiger partial charge in [0.15, 0.2) is 0 Å². The van der Waals surface area contributed by atoms with E-state index in [4.69, 9.17) is 10.6 Å². The molecule has 4 rings (SSSR count). The molecule has 1 fully saturated rings. The molecule has 0 aliphatic carbocycles. The second-order valence-corrected chi connectivity index (χ2v) is 7.04. The number of hydrogen-bond donors (Lipinski definition) is 3. The van der Waals surface area contributed by atoms with Gasteiger partial charge in [-0.25, -0.2) is 8.78 Å². The average molecular weight is 397 g/mol. The molecule has 6 nitrogen and oxygen atoms in total. The molecule has 8 heteroatoms. The number of pyridine rings is 1. The molecule has 2 aromatic carbocycles. The normalized spacial score (nSPS) is 14.9. The molecule has 1 aromatic heterocycles. The Morgan fingerprint density at radius 1 is 1.07 bits per heavy atom.